The zero-order valence-corrected chi connectivity index (χ0v) is 21.0. The molecule has 1 saturated heterocycles. The van der Waals surface area contributed by atoms with Gasteiger partial charge in [-0.2, -0.15) is 4.31 Å². The maximum atomic E-state index is 13.1. The molecule has 0 atom stereocenters. The Labute approximate surface area is 201 Å². The number of sulfonamides is 2. The molecule has 0 unspecified atom stereocenters. The van der Waals surface area contributed by atoms with Crippen LogP contribution >= 0.6 is 0 Å². The van der Waals surface area contributed by atoms with E-state index in [0.29, 0.717) is 18.8 Å². The lowest BCUT2D eigenvalue weighted by molar-refractivity contribution is 0.102. The third kappa shape index (κ3) is 5.03. The number of carbonyl (C=O) groups is 1. The number of nitrogens with one attached hydrogen (secondary N) is 1. The average Bonchev–Trinajstić information content (AvgIpc) is 2.77. The van der Waals surface area contributed by atoms with Crippen LogP contribution in [-0.4, -0.2) is 53.4 Å². The molecule has 4 rings (SSSR count). The topological polar surface area (TPSA) is 104 Å². The van der Waals surface area contributed by atoms with Gasteiger partial charge in [0.25, 0.3) is 5.91 Å². The molecule has 0 spiro atoms. The highest BCUT2D eigenvalue weighted by Crippen LogP contribution is 2.34. The van der Waals surface area contributed by atoms with Gasteiger partial charge in [0.1, 0.15) is 0 Å². The van der Waals surface area contributed by atoms with Crippen LogP contribution in [0.3, 0.4) is 0 Å². The normalized spacial score (nSPS) is 17.2. The van der Waals surface area contributed by atoms with Crippen LogP contribution in [0.4, 0.5) is 11.4 Å². The molecule has 1 aliphatic carbocycles. The van der Waals surface area contributed by atoms with Crippen LogP contribution in [0, 0.1) is 0 Å². The Balaban J connectivity index is 1.46. The van der Waals surface area contributed by atoms with E-state index in [9.17, 15) is 21.6 Å². The molecule has 2 fully saturated rings. The highest BCUT2D eigenvalue weighted by Gasteiger charge is 2.29. The summed E-state index contributed by atoms with van der Waals surface area (Å²) in [6.45, 7) is 0.981. The maximum Gasteiger partial charge on any atom is 0.257 e. The van der Waals surface area contributed by atoms with Crippen LogP contribution in [0.5, 0.6) is 0 Å². The summed E-state index contributed by atoms with van der Waals surface area (Å²) in [7, 11) is -5.77. The number of anilines is 2. The van der Waals surface area contributed by atoms with Crippen molar-refractivity contribution in [3.8, 4) is 0 Å². The molecule has 1 amide bonds. The van der Waals surface area contributed by atoms with E-state index in [1.54, 1.807) is 30.3 Å². The Morgan fingerprint density at radius 1 is 0.882 bits per heavy atom. The van der Waals surface area contributed by atoms with Crippen molar-refractivity contribution in [1.82, 2.24) is 4.31 Å². The Morgan fingerprint density at radius 3 is 2.03 bits per heavy atom. The lowest BCUT2D eigenvalue weighted by atomic mass is 9.85. The number of carbonyl (C=O) groups excluding carboxylic acids is 1. The van der Waals surface area contributed by atoms with Gasteiger partial charge < -0.3 is 5.32 Å². The molecule has 1 saturated carbocycles. The number of para-hydroxylation sites is 1. The number of amides is 1. The van der Waals surface area contributed by atoms with Gasteiger partial charge in [-0.15, -0.1) is 0 Å². The van der Waals surface area contributed by atoms with Crippen molar-refractivity contribution in [3.05, 3.63) is 65.2 Å². The Morgan fingerprint density at radius 2 is 1.47 bits per heavy atom. The van der Waals surface area contributed by atoms with Crippen molar-refractivity contribution in [2.45, 2.75) is 37.0 Å². The third-order valence-electron chi connectivity index (χ3n) is 6.52. The number of rotatable bonds is 6. The Bertz CT molecular complexity index is 1320. The Hall–Kier alpha value is -2.69. The first-order valence-electron chi connectivity index (χ1n) is 11.2. The monoisotopic (exact) mass is 503 g/mol. The highest BCUT2D eigenvalue weighted by atomic mass is 32.2. The van der Waals surface area contributed by atoms with E-state index in [0.717, 1.165) is 36.2 Å². The predicted octanol–water partition coefficient (Wildman–Crippen LogP) is 3.60. The van der Waals surface area contributed by atoms with Gasteiger partial charge in [0.2, 0.25) is 20.0 Å². The number of hydrogen-bond donors (Lipinski definition) is 1. The fraction of sp³-hybridized carbons (Fsp3) is 0.375. The summed E-state index contributed by atoms with van der Waals surface area (Å²) in [5.41, 5.74) is 3.80. The number of nitrogens with zero attached hydrogens (tertiary/aromatic N) is 2. The van der Waals surface area contributed by atoms with Crippen LogP contribution in [0.1, 0.15) is 42.5 Å². The summed E-state index contributed by atoms with van der Waals surface area (Å²) >= 11 is 0. The van der Waals surface area contributed by atoms with Crippen LogP contribution < -0.4 is 9.62 Å². The minimum Gasteiger partial charge on any atom is -0.322 e. The zero-order valence-electron chi connectivity index (χ0n) is 19.3. The number of allylic oxidation sites excluding steroid dienone is 1. The fourth-order valence-corrected chi connectivity index (χ4v) is 6.19. The van der Waals surface area contributed by atoms with Crippen LogP contribution in [0.25, 0.3) is 0 Å². The summed E-state index contributed by atoms with van der Waals surface area (Å²) < 4.78 is 52.6. The van der Waals surface area contributed by atoms with E-state index in [2.05, 4.69) is 5.32 Å². The molecule has 10 heteroatoms. The fourth-order valence-electron chi connectivity index (χ4n) is 4.23. The molecule has 34 heavy (non-hydrogen) atoms. The molecular weight excluding hydrogens is 474 g/mol. The van der Waals surface area contributed by atoms with Crippen LogP contribution in [0.2, 0.25) is 0 Å². The SMILES string of the molecule is CN(c1ccccc1C(=O)Nc1ccc(S(=O)(=O)N2CCC(=C3CCC3)CC2)cc1)S(C)(=O)=O. The summed E-state index contributed by atoms with van der Waals surface area (Å²) in [6, 6.07) is 12.4. The summed E-state index contributed by atoms with van der Waals surface area (Å²) in [6.07, 6.45) is 6.21. The van der Waals surface area contributed by atoms with Crippen LogP contribution in [-0.2, 0) is 20.0 Å². The lowest BCUT2D eigenvalue weighted by Crippen LogP contribution is -2.36. The first kappa shape index (κ1) is 24.4. The second-order valence-electron chi connectivity index (χ2n) is 8.69. The molecular formula is C24H29N3O5S2. The first-order chi connectivity index (χ1) is 16.1. The quantitative estimate of drug-likeness (QED) is 0.607. The minimum absolute atomic E-state index is 0.183. The second kappa shape index (κ2) is 9.52. The maximum absolute atomic E-state index is 13.1. The molecule has 2 aliphatic rings. The van der Waals surface area contributed by atoms with Gasteiger partial charge in [-0.1, -0.05) is 23.3 Å². The molecule has 1 aliphatic heterocycles. The standard InChI is InChI=1S/C24H29N3O5S2/c1-26(33(2,29)30)23-9-4-3-8-22(23)24(28)25-20-10-12-21(13-11-20)34(31,32)27-16-14-19(15-17-27)18-6-5-7-18/h3-4,8-13H,5-7,14-17H2,1-2H3,(H,25,28). The second-order valence-corrected chi connectivity index (χ2v) is 12.6. The molecule has 0 radical (unpaired) electrons. The highest BCUT2D eigenvalue weighted by molar-refractivity contribution is 7.92. The number of piperidine rings is 1. The van der Waals surface area contributed by atoms with E-state index in [-0.39, 0.29) is 16.1 Å². The van der Waals surface area contributed by atoms with Gasteiger partial charge in [-0.3, -0.25) is 9.10 Å². The minimum atomic E-state index is -3.61. The zero-order chi connectivity index (χ0) is 24.5. The van der Waals surface area contributed by atoms with Gasteiger partial charge in [-0.25, -0.2) is 16.8 Å². The van der Waals surface area contributed by atoms with Crippen molar-refractivity contribution >= 4 is 37.3 Å². The third-order valence-corrected chi connectivity index (χ3v) is 9.62. The molecule has 2 aromatic carbocycles. The molecule has 0 aromatic heterocycles. The van der Waals surface area contributed by atoms with Crippen molar-refractivity contribution < 1.29 is 21.6 Å². The van der Waals surface area contributed by atoms with Crippen LogP contribution in [0.15, 0.2) is 64.6 Å². The largest absolute Gasteiger partial charge is 0.322 e. The summed E-state index contributed by atoms with van der Waals surface area (Å²) in [4.78, 5) is 13.0. The smallest absolute Gasteiger partial charge is 0.257 e. The van der Waals surface area contributed by atoms with E-state index < -0.39 is 26.0 Å². The lowest BCUT2D eigenvalue weighted by Gasteiger charge is -2.31. The van der Waals surface area contributed by atoms with E-state index in [1.165, 1.54) is 47.1 Å². The van der Waals surface area contributed by atoms with E-state index in [1.807, 2.05) is 0 Å². The van der Waals surface area contributed by atoms with Gasteiger partial charge in [0.05, 0.1) is 22.4 Å². The molecule has 182 valence electrons. The molecule has 1 N–H and O–H groups in total. The number of hydrogen-bond acceptors (Lipinski definition) is 5. The van der Waals surface area contributed by atoms with Crippen molar-refractivity contribution in [3.63, 3.8) is 0 Å². The van der Waals surface area contributed by atoms with E-state index >= 15 is 0 Å². The summed E-state index contributed by atoms with van der Waals surface area (Å²) in [5.74, 6) is -0.491. The first-order valence-corrected chi connectivity index (χ1v) is 14.5. The number of benzene rings is 2. The predicted molar refractivity (Wildman–Crippen MR) is 133 cm³/mol. The van der Waals surface area contributed by atoms with E-state index in [4.69, 9.17) is 0 Å². The van der Waals surface area contributed by atoms with Gasteiger partial charge in [0.15, 0.2) is 0 Å². The average molecular weight is 504 g/mol. The van der Waals surface area contributed by atoms with Gasteiger partial charge in [0, 0.05) is 25.8 Å². The van der Waals surface area contributed by atoms with Crippen molar-refractivity contribution in [1.29, 1.82) is 0 Å². The van der Waals surface area contributed by atoms with Crippen molar-refractivity contribution in [2.24, 2.45) is 0 Å². The molecule has 8 nitrogen and oxygen atoms in total. The molecule has 0 bridgehead atoms. The summed E-state index contributed by atoms with van der Waals surface area (Å²) in [5, 5.41) is 2.72. The Kier molecular flexibility index (Phi) is 6.84. The van der Waals surface area contributed by atoms with Gasteiger partial charge in [-0.05, 0) is 68.5 Å². The van der Waals surface area contributed by atoms with Crippen molar-refractivity contribution in [2.75, 3.05) is 36.0 Å². The molecule has 1 heterocycles. The van der Waals surface area contributed by atoms with Gasteiger partial charge >= 0.3 is 0 Å². The molecule has 2 aromatic rings.